The maximum atomic E-state index is 10.1. The minimum Gasteiger partial charge on any atom is -0.466 e. The minimum atomic E-state index is -0.196. The van der Waals surface area contributed by atoms with Gasteiger partial charge in [-0.1, -0.05) is 27.7 Å². The van der Waals surface area contributed by atoms with E-state index in [-0.39, 0.29) is 11.4 Å². The fourth-order valence-corrected chi connectivity index (χ4v) is 0.284. The number of carbonyl (C=O) groups excluding carboxylic acids is 1. The smallest absolute Gasteiger partial charge is 0.302 e. The van der Waals surface area contributed by atoms with Gasteiger partial charge in [0.1, 0.15) is 0 Å². The molecule has 0 amide bonds. The Kier molecular flexibility index (Phi) is 16.9. The highest BCUT2D eigenvalue weighted by Crippen LogP contribution is 1.91. The van der Waals surface area contributed by atoms with Crippen molar-refractivity contribution in [2.45, 2.75) is 34.6 Å². The van der Waals surface area contributed by atoms with Gasteiger partial charge >= 0.3 is 5.97 Å². The van der Waals surface area contributed by atoms with Gasteiger partial charge in [0.15, 0.2) is 0 Å². The molecule has 0 aliphatic carbocycles. The van der Waals surface area contributed by atoms with Crippen molar-refractivity contribution in [3.05, 3.63) is 0 Å². The summed E-state index contributed by atoms with van der Waals surface area (Å²) in [5.74, 6) is 0.688. The van der Waals surface area contributed by atoms with Crippen LogP contribution in [-0.4, -0.2) is 29.8 Å². The molecule has 0 bridgehead atoms. The molecular weight excluding hydrogens is 184 g/mol. The Bertz CT molecular complexity index is 121. The topological polar surface area (TPSA) is 78.0 Å². The fourth-order valence-electron chi connectivity index (χ4n) is 0.284. The number of esters is 1. The highest BCUT2D eigenvalue weighted by molar-refractivity contribution is 5.65. The van der Waals surface area contributed by atoms with Gasteiger partial charge in [0.2, 0.25) is 0 Å². The zero-order chi connectivity index (χ0) is 10.9. The number of ether oxygens (including phenoxy) is 1. The second-order valence-electron chi connectivity index (χ2n) is 3.77. The van der Waals surface area contributed by atoms with Crippen LogP contribution >= 0.6 is 0 Å². The van der Waals surface area contributed by atoms with E-state index in [0.717, 1.165) is 0 Å². The van der Waals surface area contributed by atoms with E-state index in [1.807, 2.05) is 27.7 Å². The monoisotopic (exact) mass is 208 g/mol. The van der Waals surface area contributed by atoms with Crippen LogP contribution in [0.1, 0.15) is 34.6 Å². The molecule has 0 unspecified atom stereocenters. The van der Waals surface area contributed by atoms with Gasteiger partial charge in [0.05, 0.1) is 6.61 Å². The van der Waals surface area contributed by atoms with Gasteiger partial charge in [-0.15, -0.1) is 0 Å². The van der Waals surface area contributed by atoms with Gasteiger partial charge in [0.25, 0.3) is 0 Å². The summed E-state index contributed by atoms with van der Waals surface area (Å²) in [6.07, 6.45) is 0. The molecule has 0 radical (unpaired) electrons. The molecule has 0 aromatic heterocycles. The predicted octanol–water partition coefficient (Wildman–Crippen LogP) is 1.02. The van der Waals surface area contributed by atoms with Crippen molar-refractivity contribution < 1.29 is 20.1 Å². The highest BCUT2D eigenvalue weighted by Gasteiger charge is 1.94. The van der Waals surface area contributed by atoms with Gasteiger partial charge in [-0.25, -0.2) is 0 Å². The zero-order valence-electron chi connectivity index (χ0n) is 9.83. The number of aliphatic hydroxyl groups is 1. The lowest BCUT2D eigenvalue weighted by molar-refractivity contribution is -0.141. The lowest BCUT2D eigenvalue weighted by Gasteiger charge is -2.02. The van der Waals surface area contributed by atoms with Gasteiger partial charge in [-0.2, -0.15) is 0 Å². The van der Waals surface area contributed by atoms with Crippen LogP contribution in [0.4, 0.5) is 0 Å². The molecule has 0 aromatic rings. The molecule has 4 heteroatoms. The van der Waals surface area contributed by atoms with Crippen LogP contribution in [-0.2, 0) is 9.53 Å². The summed E-state index contributed by atoms with van der Waals surface area (Å²) in [5.41, 5.74) is 0. The van der Waals surface area contributed by atoms with E-state index in [2.05, 4.69) is 4.74 Å². The first-order valence-electron chi connectivity index (χ1n) is 4.64. The SMILES string of the molecule is CC(=O)OCC(C)C.CC(C)CO.O. The first kappa shape index (κ1) is 19.0. The Labute approximate surface area is 86.6 Å². The molecule has 0 saturated carbocycles. The van der Waals surface area contributed by atoms with E-state index in [9.17, 15) is 4.79 Å². The van der Waals surface area contributed by atoms with Gasteiger partial charge < -0.3 is 15.3 Å². The molecule has 0 heterocycles. The molecular formula is C10H24O4. The average Bonchev–Trinajstić information content (AvgIpc) is 2.02. The molecule has 0 saturated heterocycles. The predicted molar refractivity (Wildman–Crippen MR) is 57.0 cm³/mol. The van der Waals surface area contributed by atoms with E-state index >= 15 is 0 Å². The van der Waals surface area contributed by atoms with E-state index in [1.54, 1.807) is 0 Å². The number of hydrogen-bond donors (Lipinski definition) is 1. The molecule has 3 N–H and O–H groups in total. The average molecular weight is 208 g/mol. The van der Waals surface area contributed by atoms with Crippen LogP contribution in [0, 0.1) is 11.8 Å². The molecule has 4 nitrogen and oxygen atoms in total. The summed E-state index contributed by atoms with van der Waals surface area (Å²) in [6.45, 7) is 10.2. The van der Waals surface area contributed by atoms with E-state index < -0.39 is 0 Å². The molecule has 0 fully saturated rings. The first-order chi connectivity index (χ1) is 5.90. The maximum absolute atomic E-state index is 10.1. The van der Waals surface area contributed by atoms with E-state index in [4.69, 9.17) is 5.11 Å². The van der Waals surface area contributed by atoms with Crippen LogP contribution in [0.2, 0.25) is 0 Å². The third-order valence-corrected chi connectivity index (χ3v) is 0.985. The van der Waals surface area contributed by atoms with Crippen molar-refractivity contribution >= 4 is 5.97 Å². The Hall–Kier alpha value is -0.610. The van der Waals surface area contributed by atoms with E-state index in [0.29, 0.717) is 25.0 Å². The van der Waals surface area contributed by atoms with Crippen LogP contribution in [0.15, 0.2) is 0 Å². The molecule has 0 aliphatic heterocycles. The maximum Gasteiger partial charge on any atom is 0.302 e. The second-order valence-corrected chi connectivity index (χ2v) is 3.77. The van der Waals surface area contributed by atoms with Gasteiger partial charge in [-0.3, -0.25) is 4.79 Å². The molecule has 0 aliphatic rings. The highest BCUT2D eigenvalue weighted by atomic mass is 16.5. The summed E-state index contributed by atoms with van der Waals surface area (Å²) >= 11 is 0. The Morgan fingerprint density at radius 3 is 1.64 bits per heavy atom. The lowest BCUT2D eigenvalue weighted by atomic mass is 10.2. The van der Waals surface area contributed by atoms with Gasteiger partial charge in [0, 0.05) is 13.5 Å². The number of hydrogen-bond acceptors (Lipinski definition) is 3. The van der Waals surface area contributed by atoms with Crippen molar-refractivity contribution in [2.75, 3.05) is 13.2 Å². The summed E-state index contributed by atoms with van der Waals surface area (Å²) < 4.78 is 4.66. The van der Waals surface area contributed by atoms with Crippen molar-refractivity contribution in [1.82, 2.24) is 0 Å². The molecule has 0 atom stereocenters. The third kappa shape index (κ3) is 30.1. The Balaban J connectivity index is -0.000000177. The van der Waals surface area contributed by atoms with Crippen molar-refractivity contribution in [3.8, 4) is 0 Å². The van der Waals surface area contributed by atoms with Crippen LogP contribution in [0.5, 0.6) is 0 Å². The van der Waals surface area contributed by atoms with Gasteiger partial charge in [-0.05, 0) is 11.8 Å². The van der Waals surface area contributed by atoms with E-state index in [1.165, 1.54) is 6.92 Å². The standard InChI is InChI=1S/C6H12O2.C4H10O.H2O/c1-5(2)4-8-6(3)7;1-4(2)3-5;/h5H,4H2,1-3H3;4-5H,3H2,1-2H3;1H2. The van der Waals surface area contributed by atoms with Crippen molar-refractivity contribution in [2.24, 2.45) is 11.8 Å². The summed E-state index contributed by atoms with van der Waals surface area (Å²) in [5, 5.41) is 8.14. The molecule has 88 valence electrons. The largest absolute Gasteiger partial charge is 0.466 e. The Morgan fingerprint density at radius 1 is 1.21 bits per heavy atom. The number of aliphatic hydroxyl groups excluding tert-OH is 1. The Morgan fingerprint density at radius 2 is 1.57 bits per heavy atom. The van der Waals surface area contributed by atoms with Crippen LogP contribution in [0.25, 0.3) is 0 Å². The summed E-state index contributed by atoms with van der Waals surface area (Å²) in [7, 11) is 0. The second kappa shape index (κ2) is 12.4. The quantitative estimate of drug-likeness (QED) is 0.703. The lowest BCUT2D eigenvalue weighted by Crippen LogP contribution is -2.05. The van der Waals surface area contributed by atoms with Crippen molar-refractivity contribution in [1.29, 1.82) is 0 Å². The van der Waals surface area contributed by atoms with Crippen LogP contribution < -0.4 is 0 Å². The molecule has 0 spiro atoms. The summed E-state index contributed by atoms with van der Waals surface area (Å²) in [6, 6.07) is 0. The molecule has 0 rings (SSSR count). The molecule has 0 aromatic carbocycles. The number of rotatable bonds is 3. The van der Waals surface area contributed by atoms with Crippen LogP contribution in [0.3, 0.4) is 0 Å². The minimum absolute atomic E-state index is 0. The summed E-state index contributed by atoms with van der Waals surface area (Å²) in [4.78, 5) is 10.1. The number of carbonyl (C=O) groups is 1. The zero-order valence-corrected chi connectivity index (χ0v) is 9.83. The fraction of sp³-hybridized carbons (Fsp3) is 0.900. The third-order valence-electron chi connectivity index (χ3n) is 0.985. The molecule has 14 heavy (non-hydrogen) atoms. The van der Waals surface area contributed by atoms with Crippen molar-refractivity contribution in [3.63, 3.8) is 0 Å². The first-order valence-corrected chi connectivity index (χ1v) is 4.64. The normalized spacial score (nSPS) is 8.86.